The first-order valence-electron chi connectivity index (χ1n) is 11.9. The van der Waals surface area contributed by atoms with Crippen molar-refractivity contribution < 1.29 is 14.4 Å². The molecule has 0 spiro atoms. The highest BCUT2D eigenvalue weighted by Crippen LogP contribution is 2.06. The van der Waals surface area contributed by atoms with Crippen molar-refractivity contribution in [2.24, 2.45) is 0 Å². The molecule has 0 heterocycles. The monoisotopic (exact) mass is 464 g/mol. The fraction of sp³-hybridized carbons (Fsp3) is 0.625. The van der Waals surface area contributed by atoms with Gasteiger partial charge in [0.2, 0.25) is 0 Å². The second kappa shape index (κ2) is 22.2. The van der Waals surface area contributed by atoms with Crippen LogP contribution in [0.25, 0.3) is 0 Å². The van der Waals surface area contributed by atoms with Crippen molar-refractivity contribution in [1.82, 2.24) is 31.5 Å². The lowest BCUT2D eigenvalue weighted by Gasteiger charge is -2.23. The molecule has 33 heavy (non-hydrogen) atoms. The predicted octanol–water partition coefficient (Wildman–Crippen LogP) is 3.28. The summed E-state index contributed by atoms with van der Waals surface area (Å²) in [5.74, 6) is 0. The van der Waals surface area contributed by atoms with E-state index in [1.807, 2.05) is 4.90 Å². The molecule has 0 saturated heterocycles. The van der Waals surface area contributed by atoms with Gasteiger partial charge in [-0.25, -0.2) is 14.4 Å². The van der Waals surface area contributed by atoms with Gasteiger partial charge in [-0.3, -0.25) is 0 Å². The normalized spacial score (nSPS) is 9.94. The number of carbonyl (C=O) groups excluding carboxylic acids is 3. The van der Waals surface area contributed by atoms with Gasteiger partial charge in [-0.1, -0.05) is 43.9 Å². The number of hydrogen-bond donors (Lipinski definition) is 5. The minimum atomic E-state index is -0.174. The fourth-order valence-electron chi connectivity index (χ4n) is 3.01. The number of nitrogens with zero attached hydrogens (tertiary/aromatic N) is 1. The van der Waals surface area contributed by atoms with Gasteiger partial charge in [0, 0.05) is 45.8 Å². The molecule has 0 aliphatic rings. The second-order valence-corrected chi connectivity index (χ2v) is 7.64. The Morgan fingerprint density at radius 1 is 0.545 bits per heavy atom. The topological polar surface area (TPSA) is 115 Å². The zero-order valence-electron chi connectivity index (χ0n) is 20.1. The Morgan fingerprint density at radius 2 is 0.939 bits per heavy atom. The van der Waals surface area contributed by atoms with Gasteiger partial charge in [-0.15, -0.1) is 19.7 Å². The van der Waals surface area contributed by atoms with Crippen LogP contribution in [-0.2, 0) is 0 Å². The highest BCUT2D eigenvalue weighted by Gasteiger charge is 2.11. The van der Waals surface area contributed by atoms with Crippen LogP contribution in [0.15, 0.2) is 38.0 Å². The first-order valence-corrected chi connectivity index (χ1v) is 11.9. The van der Waals surface area contributed by atoms with Gasteiger partial charge in [0.05, 0.1) is 0 Å². The van der Waals surface area contributed by atoms with Gasteiger partial charge in [0.25, 0.3) is 0 Å². The third kappa shape index (κ3) is 19.4. The minimum absolute atomic E-state index is 0.0592. The van der Waals surface area contributed by atoms with Crippen LogP contribution in [0.4, 0.5) is 14.4 Å². The summed E-state index contributed by atoms with van der Waals surface area (Å²) in [6, 6.07) is -0.408. The molecular weight excluding hydrogens is 420 g/mol. The van der Waals surface area contributed by atoms with E-state index in [2.05, 4.69) is 46.3 Å². The van der Waals surface area contributed by atoms with Gasteiger partial charge >= 0.3 is 18.1 Å². The smallest absolute Gasteiger partial charge is 0.317 e. The molecule has 0 bridgehead atoms. The van der Waals surface area contributed by atoms with Crippen molar-refractivity contribution in [1.29, 1.82) is 0 Å². The predicted molar refractivity (Wildman–Crippen MR) is 135 cm³/mol. The molecule has 6 amide bonds. The maximum Gasteiger partial charge on any atom is 0.317 e. The third-order valence-electron chi connectivity index (χ3n) is 4.78. The Kier molecular flexibility index (Phi) is 20.2. The summed E-state index contributed by atoms with van der Waals surface area (Å²) in [6.45, 7) is 14.8. The van der Waals surface area contributed by atoms with E-state index in [1.54, 1.807) is 18.2 Å². The van der Waals surface area contributed by atoms with Crippen LogP contribution in [0.1, 0.15) is 51.4 Å². The summed E-state index contributed by atoms with van der Waals surface area (Å²) in [6.07, 6.45) is 12.6. The van der Waals surface area contributed by atoms with E-state index in [4.69, 9.17) is 0 Å². The molecule has 0 atom stereocenters. The van der Waals surface area contributed by atoms with Crippen molar-refractivity contribution >= 4 is 18.1 Å². The summed E-state index contributed by atoms with van der Waals surface area (Å²) < 4.78 is 0. The highest BCUT2D eigenvalue weighted by atomic mass is 16.2. The molecule has 0 aromatic rings. The highest BCUT2D eigenvalue weighted by molar-refractivity contribution is 5.74. The molecule has 0 radical (unpaired) electrons. The van der Waals surface area contributed by atoms with E-state index in [9.17, 15) is 14.4 Å². The maximum absolute atomic E-state index is 12.4. The van der Waals surface area contributed by atoms with Crippen LogP contribution in [0.5, 0.6) is 0 Å². The van der Waals surface area contributed by atoms with Crippen molar-refractivity contribution in [3.63, 3.8) is 0 Å². The quantitative estimate of drug-likeness (QED) is 0.141. The summed E-state index contributed by atoms with van der Waals surface area (Å²) in [5, 5.41) is 13.8. The van der Waals surface area contributed by atoms with E-state index in [0.29, 0.717) is 45.8 Å². The number of rotatable bonds is 20. The van der Waals surface area contributed by atoms with Crippen LogP contribution < -0.4 is 26.6 Å². The fourth-order valence-corrected chi connectivity index (χ4v) is 3.01. The number of urea groups is 3. The molecule has 0 fully saturated rings. The molecule has 0 rings (SSSR count). The molecule has 9 heteroatoms. The lowest BCUT2D eigenvalue weighted by Crippen LogP contribution is -2.41. The number of carbonyl (C=O) groups is 3. The minimum Gasteiger partial charge on any atom is -0.338 e. The number of unbranched alkanes of at least 4 members (excludes halogenated alkanes) is 6. The Labute approximate surface area is 199 Å². The molecule has 188 valence electrons. The molecule has 0 saturated carbocycles. The van der Waals surface area contributed by atoms with Crippen molar-refractivity contribution in [3.05, 3.63) is 38.0 Å². The molecule has 0 unspecified atom stereocenters. The largest absolute Gasteiger partial charge is 0.338 e. The van der Waals surface area contributed by atoms with Crippen molar-refractivity contribution in [2.75, 3.05) is 45.8 Å². The Morgan fingerprint density at radius 3 is 1.36 bits per heavy atom. The number of nitrogens with one attached hydrogen (secondary N) is 5. The second-order valence-electron chi connectivity index (χ2n) is 7.64. The van der Waals surface area contributed by atoms with Crippen molar-refractivity contribution in [3.8, 4) is 0 Å². The average molecular weight is 465 g/mol. The Hall–Kier alpha value is -2.97. The Balaban J connectivity index is 3.98. The zero-order chi connectivity index (χ0) is 24.6. The maximum atomic E-state index is 12.4. The third-order valence-corrected chi connectivity index (χ3v) is 4.78. The lowest BCUT2D eigenvalue weighted by atomic mass is 10.1. The number of hydrogen-bond acceptors (Lipinski definition) is 3. The van der Waals surface area contributed by atoms with Crippen LogP contribution in [0.3, 0.4) is 0 Å². The lowest BCUT2D eigenvalue weighted by molar-refractivity contribution is 0.196. The standard InChI is InChI=1S/C24H44N6O3/c1-4-15-25-22(31)27-18-11-7-9-13-20-30(24(33)29-17-6-3)21-14-10-8-12-19-28-23(32)26-16-5-2/h4-6H,1-3,7-21H2,(H,29,33)(H2,25,27,31)(H2,26,28,32). The van der Waals surface area contributed by atoms with Crippen LogP contribution in [0, 0.1) is 0 Å². The van der Waals surface area contributed by atoms with Crippen LogP contribution in [-0.4, -0.2) is 68.8 Å². The Bertz CT molecular complexity index is 545. The summed E-state index contributed by atoms with van der Waals surface area (Å²) in [5.41, 5.74) is 0. The van der Waals surface area contributed by atoms with Gasteiger partial charge in [0.1, 0.15) is 0 Å². The molecule has 0 aromatic carbocycles. The zero-order valence-corrected chi connectivity index (χ0v) is 20.1. The van der Waals surface area contributed by atoms with E-state index >= 15 is 0 Å². The van der Waals surface area contributed by atoms with Crippen LogP contribution >= 0.6 is 0 Å². The van der Waals surface area contributed by atoms with Gasteiger partial charge in [-0.2, -0.15) is 0 Å². The molecule has 9 nitrogen and oxygen atoms in total. The summed E-state index contributed by atoms with van der Waals surface area (Å²) in [7, 11) is 0. The van der Waals surface area contributed by atoms with E-state index in [-0.39, 0.29) is 18.1 Å². The van der Waals surface area contributed by atoms with Crippen LogP contribution in [0.2, 0.25) is 0 Å². The average Bonchev–Trinajstić information content (AvgIpc) is 2.81. The SMILES string of the molecule is C=CCNC(=O)NCCCCCCN(CCCCCCNC(=O)NCC=C)C(=O)NCC=C. The van der Waals surface area contributed by atoms with E-state index < -0.39 is 0 Å². The first-order chi connectivity index (χ1) is 16.0. The first kappa shape index (κ1) is 30.0. The molecule has 0 aromatic heterocycles. The summed E-state index contributed by atoms with van der Waals surface area (Å²) in [4.78, 5) is 37.1. The molecule has 5 N–H and O–H groups in total. The van der Waals surface area contributed by atoms with Gasteiger partial charge in [-0.05, 0) is 25.7 Å². The van der Waals surface area contributed by atoms with Gasteiger partial charge in [0.15, 0.2) is 0 Å². The van der Waals surface area contributed by atoms with E-state index in [1.165, 1.54) is 0 Å². The summed E-state index contributed by atoms with van der Waals surface area (Å²) >= 11 is 0. The molecule has 0 aliphatic heterocycles. The van der Waals surface area contributed by atoms with Crippen molar-refractivity contribution in [2.45, 2.75) is 51.4 Å². The van der Waals surface area contributed by atoms with E-state index in [0.717, 1.165) is 51.4 Å². The number of amides is 6. The molecular formula is C24H44N6O3. The molecule has 0 aliphatic carbocycles. The van der Waals surface area contributed by atoms with Gasteiger partial charge < -0.3 is 31.5 Å².